The predicted octanol–water partition coefficient (Wildman–Crippen LogP) is 2.39. The van der Waals surface area contributed by atoms with Gasteiger partial charge in [-0.1, -0.05) is 32.5 Å². The Morgan fingerprint density at radius 2 is 2.18 bits per heavy atom. The molecule has 0 saturated heterocycles. The SMILES string of the molecule is CC1(C)CCCC1C(=O)NCCCCC(N)=S. The molecule has 98 valence electrons. The smallest absolute Gasteiger partial charge is 0.223 e. The lowest BCUT2D eigenvalue weighted by molar-refractivity contribution is -0.127. The van der Waals surface area contributed by atoms with Crippen molar-refractivity contribution in [1.82, 2.24) is 5.32 Å². The first-order chi connectivity index (χ1) is 7.93. The number of unbranched alkanes of at least 4 members (excludes halogenated alkanes) is 1. The van der Waals surface area contributed by atoms with Crippen LogP contribution in [0.5, 0.6) is 0 Å². The van der Waals surface area contributed by atoms with Crippen LogP contribution in [0.1, 0.15) is 52.4 Å². The standard InChI is InChI=1S/C13H24N2OS/c1-13(2)8-5-6-10(13)12(16)15-9-4-3-7-11(14)17/h10H,3-9H2,1-2H3,(H2,14,17)(H,15,16). The van der Waals surface area contributed by atoms with Crippen LogP contribution in [-0.2, 0) is 4.79 Å². The molecule has 1 rings (SSSR count). The molecule has 0 spiro atoms. The maximum absolute atomic E-state index is 12.0. The first-order valence-electron chi connectivity index (χ1n) is 6.49. The molecule has 1 atom stereocenters. The first-order valence-corrected chi connectivity index (χ1v) is 6.90. The van der Waals surface area contributed by atoms with Crippen molar-refractivity contribution in [3.05, 3.63) is 0 Å². The highest BCUT2D eigenvalue weighted by atomic mass is 32.1. The van der Waals surface area contributed by atoms with Gasteiger partial charge in [0.15, 0.2) is 0 Å². The van der Waals surface area contributed by atoms with E-state index in [4.69, 9.17) is 18.0 Å². The van der Waals surface area contributed by atoms with Crippen molar-refractivity contribution in [3.8, 4) is 0 Å². The lowest BCUT2D eigenvalue weighted by Gasteiger charge is -2.25. The summed E-state index contributed by atoms with van der Waals surface area (Å²) in [6.45, 7) is 5.13. The molecule has 1 amide bonds. The number of nitrogens with two attached hydrogens (primary N) is 1. The molecule has 0 aromatic rings. The minimum absolute atomic E-state index is 0.170. The summed E-state index contributed by atoms with van der Waals surface area (Å²) in [5, 5.41) is 3.03. The van der Waals surface area contributed by atoms with Gasteiger partial charge in [-0.15, -0.1) is 0 Å². The van der Waals surface area contributed by atoms with E-state index in [9.17, 15) is 4.79 Å². The summed E-state index contributed by atoms with van der Waals surface area (Å²) in [6.07, 6.45) is 6.06. The summed E-state index contributed by atoms with van der Waals surface area (Å²) in [6, 6.07) is 0. The molecule has 0 aromatic carbocycles. The molecule has 0 heterocycles. The lowest BCUT2D eigenvalue weighted by atomic mass is 9.81. The maximum atomic E-state index is 12.0. The van der Waals surface area contributed by atoms with Gasteiger partial charge in [0.25, 0.3) is 0 Å². The van der Waals surface area contributed by atoms with Crippen LogP contribution in [0.4, 0.5) is 0 Å². The largest absolute Gasteiger partial charge is 0.393 e. The van der Waals surface area contributed by atoms with Crippen LogP contribution in [-0.4, -0.2) is 17.4 Å². The molecule has 3 N–H and O–H groups in total. The van der Waals surface area contributed by atoms with Crippen molar-refractivity contribution in [1.29, 1.82) is 0 Å². The van der Waals surface area contributed by atoms with Crippen LogP contribution in [0, 0.1) is 11.3 Å². The fourth-order valence-electron chi connectivity index (χ4n) is 2.57. The second-order valence-corrected chi connectivity index (χ2v) is 6.17. The molecule has 1 aliphatic rings. The van der Waals surface area contributed by atoms with Crippen molar-refractivity contribution < 1.29 is 4.79 Å². The van der Waals surface area contributed by atoms with Gasteiger partial charge in [-0.3, -0.25) is 4.79 Å². The van der Waals surface area contributed by atoms with E-state index < -0.39 is 0 Å². The van der Waals surface area contributed by atoms with Gasteiger partial charge >= 0.3 is 0 Å². The Morgan fingerprint density at radius 1 is 1.47 bits per heavy atom. The van der Waals surface area contributed by atoms with Crippen molar-refractivity contribution >= 4 is 23.1 Å². The molecular formula is C13H24N2OS. The van der Waals surface area contributed by atoms with Crippen molar-refractivity contribution in [2.45, 2.75) is 52.4 Å². The van der Waals surface area contributed by atoms with E-state index in [0.717, 1.165) is 38.6 Å². The third-order valence-corrected chi connectivity index (χ3v) is 3.93. The fourth-order valence-corrected chi connectivity index (χ4v) is 2.72. The van der Waals surface area contributed by atoms with E-state index in [2.05, 4.69) is 19.2 Å². The Balaban J connectivity index is 2.19. The van der Waals surface area contributed by atoms with Gasteiger partial charge in [0.1, 0.15) is 0 Å². The maximum Gasteiger partial charge on any atom is 0.223 e. The fraction of sp³-hybridized carbons (Fsp3) is 0.846. The van der Waals surface area contributed by atoms with Gasteiger partial charge in [0.2, 0.25) is 5.91 Å². The summed E-state index contributed by atoms with van der Waals surface area (Å²) in [5.41, 5.74) is 5.58. The molecule has 3 nitrogen and oxygen atoms in total. The lowest BCUT2D eigenvalue weighted by Crippen LogP contribution is -2.36. The van der Waals surface area contributed by atoms with Crippen LogP contribution < -0.4 is 11.1 Å². The summed E-state index contributed by atoms with van der Waals surface area (Å²) in [7, 11) is 0. The molecule has 17 heavy (non-hydrogen) atoms. The molecule has 0 radical (unpaired) electrons. The number of carbonyl (C=O) groups is 1. The number of hydrogen-bond acceptors (Lipinski definition) is 2. The molecule has 0 aliphatic heterocycles. The molecule has 1 unspecified atom stereocenters. The zero-order chi connectivity index (χ0) is 12.9. The van der Waals surface area contributed by atoms with Gasteiger partial charge in [-0.2, -0.15) is 0 Å². The number of thiocarbonyl (C=S) groups is 1. The van der Waals surface area contributed by atoms with E-state index >= 15 is 0 Å². The third kappa shape index (κ3) is 4.62. The highest BCUT2D eigenvalue weighted by Gasteiger charge is 2.38. The zero-order valence-corrected chi connectivity index (χ0v) is 11.7. The minimum atomic E-state index is 0.170. The molecule has 1 fully saturated rings. The Bertz CT molecular complexity index is 289. The van der Waals surface area contributed by atoms with Gasteiger partial charge in [0, 0.05) is 12.5 Å². The van der Waals surface area contributed by atoms with Crippen LogP contribution in [0.15, 0.2) is 0 Å². The van der Waals surface area contributed by atoms with Crippen LogP contribution in [0.25, 0.3) is 0 Å². The van der Waals surface area contributed by atoms with Crippen molar-refractivity contribution in [2.24, 2.45) is 17.1 Å². The van der Waals surface area contributed by atoms with Crippen molar-refractivity contribution in [3.63, 3.8) is 0 Å². The number of rotatable bonds is 6. The average Bonchev–Trinajstić information content (AvgIpc) is 2.57. The number of hydrogen-bond donors (Lipinski definition) is 2. The van der Waals surface area contributed by atoms with Gasteiger partial charge < -0.3 is 11.1 Å². The van der Waals surface area contributed by atoms with E-state index in [0.29, 0.717) is 4.99 Å². The number of nitrogens with one attached hydrogen (secondary N) is 1. The van der Waals surface area contributed by atoms with Crippen molar-refractivity contribution in [2.75, 3.05) is 6.54 Å². The van der Waals surface area contributed by atoms with Gasteiger partial charge in [-0.05, 0) is 37.5 Å². The van der Waals surface area contributed by atoms with E-state index in [1.807, 2.05) is 0 Å². The van der Waals surface area contributed by atoms with E-state index in [1.165, 1.54) is 6.42 Å². The second kappa shape index (κ2) is 6.34. The molecule has 0 bridgehead atoms. The summed E-state index contributed by atoms with van der Waals surface area (Å²) in [5.74, 6) is 0.418. The molecule has 4 heteroatoms. The molecule has 0 aromatic heterocycles. The Labute approximate surface area is 110 Å². The Kier molecular flexibility index (Phi) is 5.37. The quantitative estimate of drug-likeness (QED) is 0.567. The highest BCUT2D eigenvalue weighted by molar-refractivity contribution is 7.80. The molecular weight excluding hydrogens is 232 g/mol. The molecule has 1 aliphatic carbocycles. The normalized spacial score (nSPS) is 22.4. The zero-order valence-electron chi connectivity index (χ0n) is 10.9. The number of carbonyl (C=O) groups excluding carboxylic acids is 1. The summed E-state index contributed by atoms with van der Waals surface area (Å²) in [4.78, 5) is 12.6. The van der Waals surface area contributed by atoms with E-state index in [1.54, 1.807) is 0 Å². The second-order valence-electron chi connectivity index (χ2n) is 5.65. The Hall–Kier alpha value is -0.640. The monoisotopic (exact) mass is 256 g/mol. The van der Waals surface area contributed by atoms with Gasteiger partial charge in [-0.25, -0.2) is 0 Å². The number of amides is 1. The summed E-state index contributed by atoms with van der Waals surface area (Å²) >= 11 is 4.80. The van der Waals surface area contributed by atoms with Gasteiger partial charge in [0.05, 0.1) is 4.99 Å². The highest BCUT2D eigenvalue weighted by Crippen LogP contribution is 2.42. The average molecular weight is 256 g/mol. The molecule has 1 saturated carbocycles. The predicted molar refractivity (Wildman–Crippen MR) is 74.8 cm³/mol. The van der Waals surface area contributed by atoms with Crippen LogP contribution >= 0.6 is 12.2 Å². The summed E-state index contributed by atoms with van der Waals surface area (Å²) < 4.78 is 0. The van der Waals surface area contributed by atoms with Crippen LogP contribution in [0.3, 0.4) is 0 Å². The Morgan fingerprint density at radius 3 is 2.71 bits per heavy atom. The first kappa shape index (κ1) is 14.4. The van der Waals surface area contributed by atoms with E-state index in [-0.39, 0.29) is 17.2 Å². The van der Waals surface area contributed by atoms with Crippen LogP contribution in [0.2, 0.25) is 0 Å². The third-order valence-electron chi connectivity index (χ3n) is 3.72. The minimum Gasteiger partial charge on any atom is -0.393 e. The topological polar surface area (TPSA) is 55.1 Å².